The maximum Gasteiger partial charge on any atom is 0.418 e. The monoisotopic (exact) mass is 477 g/mol. The molecule has 3 aromatic rings. The highest BCUT2D eigenvalue weighted by Gasteiger charge is 2.35. The van der Waals surface area contributed by atoms with Gasteiger partial charge in [-0.1, -0.05) is 53.7 Å². The zero-order valence-corrected chi connectivity index (χ0v) is 21.0. The minimum absolute atomic E-state index is 0.0782. The number of aromatic nitrogens is 3. The van der Waals surface area contributed by atoms with Crippen LogP contribution < -0.4 is 10.6 Å². The van der Waals surface area contributed by atoms with Crippen molar-refractivity contribution in [2.75, 3.05) is 10.6 Å². The first-order valence-corrected chi connectivity index (χ1v) is 11.2. The molecular formula is C25H34F3N5O. The number of anilines is 2. The largest absolute Gasteiger partial charge is 0.418 e. The van der Waals surface area contributed by atoms with Crippen molar-refractivity contribution in [2.24, 2.45) is 5.41 Å². The SMILES string of the molecule is CC(C)(C)CC(C)(C)Nc1c(C(C)(C)C)[nH]c2c(C(=O)Nc3ccccc3C(F)(F)F)cnn12. The maximum absolute atomic E-state index is 13.4. The molecule has 0 fully saturated rings. The molecule has 1 aromatic carbocycles. The van der Waals surface area contributed by atoms with E-state index in [9.17, 15) is 18.0 Å². The van der Waals surface area contributed by atoms with Gasteiger partial charge < -0.3 is 15.6 Å². The van der Waals surface area contributed by atoms with Crippen molar-refractivity contribution in [1.82, 2.24) is 14.6 Å². The summed E-state index contributed by atoms with van der Waals surface area (Å²) in [6.45, 7) is 16.8. The molecule has 0 spiro atoms. The van der Waals surface area contributed by atoms with Crippen LogP contribution in [0.3, 0.4) is 0 Å². The highest BCUT2D eigenvalue weighted by atomic mass is 19.4. The van der Waals surface area contributed by atoms with Crippen LogP contribution in [0.5, 0.6) is 0 Å². The van der Waals surface area contributed by atoms with E-state index >= 15 is 0 Å². The van der Waals surface area contributed by atoms with Crippen molar-refractivity contribution in [2.45, 2.75) is 78.9 Å². The van der Waals surface area contributed by atoms with Crippen molar-refractivity contribution in [1.29, 1.82) is 0 Å². The van der Waals surface area contributed by atoms with Gasteiger partial charge in [0.05, 0.1) is 23.1 Å². The minimum Gasteiger partial charge on any atom is -0.364 e. The molecule has 186 valence electrons. The summed E-state index contributed by atoms with van der Waals surface area (Å²) < 4.78 is 41.7. The molecule has 9 heteroatoms. The Morgan fingerprint density at radius 3 is 2.21 bits per heavy atom. The summed E-state index contributed by atoms with van der Waals surface area (Å²) in [6, 6.07) is 4.91. The van der Waals surface area contributed by atoms with Gasteiger partial charge in [0.15, 0.2) is 0 Å². The predicted octanol–water partition coefficient (Wildman–Crippen LogP) is 6.86. The maximum atomic E-state index is 13.4. The van der Waals surface area contributed by atoms with Gasteiger partial charge in [0.1, 0.15) is 17.0 Å². The first-order chi connectivity index (χ1) is 15.4. The molecule has 3 N–H and O–H groups in total. The fourth-order valence-corrected chi connectivity index (χ4v) is 4.47. The van der Waals surface area contributed by atoms with Crippen molar-refractivity contribution < 1.29 is 18.0 Å². The summed E-state index contributed by atoms with van der Waals surface area (Å²) in [4.78, 5) is 16.3. The third-order valence-corrected chi connectivity index (χ3v) is 5.37. The molecular weight excluding hydrogens is 443 g/mol. The number of H-pyrrole nitrogens is 1. The molecule has 3 rings (SSSR count). The molecule has 0 radical (unpaired) electrons. The standard InChI is InChI=1S/C25H34F3N5O/c1-22(2,3)14-24(7,8)32-20-18(23(4,5)6)31-19-15(13-29-33(19)20)21(34)30-17-12-10-9-11-16(17)25(26,27)28/h9-13,31-32H,14H2,1-8H3,(H,30,34). The smallest absolute Gasteiger partial charge is 0.364 e. The van der Waals surface area contributed by atoms with E-state index in [0.717, 1.165) is 24.0 Å². The van der Waals surface area contributed by atoms with Crippen LogP contribution in [0.1, 0.15) is 83.4 Å². The predicted molar refractivity (Wildman–Crippen MR) is 129 cm³/mol. The molecule has 0 atom stereocenters. The van der Waals surface area contributed by atoms with Gasteiger partial charge >= 0.3 is 6.18 Å². The van der Waals surface area contributed by atoms with Crippen LogP contribution in [0.15, 0.2) is 30.5 Å². The molecule has 0 saturated carbocycles. The Bertz CT molecular complexity index is 1190. The van der Waals surface area contributed by atoms with Gasteiger partial charge in [0.25, 0.3) is 5.91 Å². The quantitative estimate of drug-likeness (QED) is 0.376. The number of halogens is 3. The Hall–Kier alpha value is -2.97. The molecule has 6 nitrogen and oxygen atoms in total. The third kappa shape index (κ3) is 5.56. The number of benzene rings is 1. The van der Waals surface area contributed by atoms with E-state index in [-0.39, 0.29) is 27.6 Å². The van der Waals surface area contributed by atoms with E-state index in [0.29, 0.717) is 5.65 Å². The van der Waals surface area contributed by atoms with Gasteiger partial charge in [-0.25, -0.2) is 0 Å². The second-order valence-corrected chi connectivity index (χ2v) is 11.7. The highest BCUT2D eigenvalue weighted by Crippen LogP contribution is 2.37. The fraction of sp³-hybridized carbons (Fsp3) is 0.520. The molecule has 0 aliphatic heterocycles. The number of carbonyl (C=O) groups is 1. The molecule has 0 aliphatic rings. The number of amides is 1. The normalized spacial score (nSPS) is 13.4. The van der Waals surface area contributed by atoms with E-state index in [1.54, 1.807) is 4.52 Å². The lowest BCUT2D eigenvalue weighted by molar-refractivity contribution is -0.136. The fourth-order valence-electron chi connectivity index (χ4n) is 4.47. The first kappa shape index (κ1) is 25.6. The molecule has 2 aromatic heterocycles. The topological polar surface area (TPSA) is 74.2 Å². The number of carbonyl (C=O) groups excluding carboxylic acids is 1. The lowest BCUT2D eigenvalue weighted by atomic mass is 9.81. The van der Waals surface area contributed by atoms with Crippen LogP contribution in [-0.2, 0) is 11.6 Å². The first-order valence-electron chi connectivity index (χ1n) is 11.2. The Morgan fingerprint density at radius 1 is 1.03 bits per heavy atom. The molecule has 0 unspecified atom stereocenters. The average Bonchev–Trinajstić information content (AvgIpc) is 3.19. The van der Waals surface area contributed by atoms with Crippen LogP contribution in [0, 0.1) is 5.41 Å². The van der Waals surface area contributed by atoms with Crippen LogP contribution in [0.4, 0.5) is 24.7 Å². The minimum atomic E-state index is -4.58. The molecule has 0 aliphatic carbocycles. The molecule has 1 amide bonds. The van der Waals surface area contributed by atoms with Crippen LogP contribution >= 0.6 is 0 Å². The Balaban J connectivity index is 2.04. The van der Waals surface area contributed by atoms with Gasteiger partial charge in [0.2, 0.25) is 0 Å². The number of nitrogens with zero attached hydrogens (tertiary/aromatic N) is 2. The lowest BCUT2D eigenvalue weighted by Gasteiger charge is -2.34. The number of imidazole rings is 1. The van der Waals surface area contributed by atoms with E-state index in [2.05, 4.69) is 55.3 Å². The van der Waals surface area contributed by atoms with Crippen LogP contribution in [0.25, 0.3) is 5.65 Å². The van der Waals surface area contributed by atoms with Crippen molar-refractivity contribution in [3.05, 3.63) is 47.3 Å². The van der Waals surface area contributed by atoms with E-state index in [1.807, 2.05) is 20.8 Å². The third-order valence-electron chi connectivity index (χ3n) is 5.37. The zero-order chi connectivity index (χ0) is 25.7. The second-order valence-electron chi connectivity index (χ2n) is 11.7. The van der Waals surface area contributed by atoms with Crippen LogP contribution in [-0.4, -0.2) is 26.0 Å². The molecule has 2 heterocycles. The summed E-state index contributed by atoms with van der Waals surface area (Å²) in [7, 11) is 0. The Labute approximate surface area is 198 Å². The molecule has 0 saturated heterocycles. The Kier molecular flexibility index (Phi) is 6.30. The highest BCUT2D eigenvalue weighted by molar-refractivity contribution is 6.08. The lowest BCUT2D eigenvalue weighted by Crippen LogP contribution is -2.36. The number of hydrogen-bond acceptors (Lipinski definition) is 3. The number of alkyl halides is 3. The van der Waals surface area contributed by atoms with Gasteiger partial charge in [-0.15, -0.1) is 0 Å². The number of hydrogen-bond donors (Lipinski definition) is 3. The van der Waals surface area contributed by atoms with E-state index < -0.39 is 17.6 Å². The van der Waals surface area contributed by atoms with Gasteiger partial charge in [0, 0.05) is 11.0 Å². The Morgan fingerprint density at radius 2 is 1.65 bits per heavy atom. The number of para-hydroxylation sites is 1. The number of fused-ring (bicyclic) bond motifs is 1. The second kappa shape index (κ2) is 8.36. The summed E-state index contributed by atoms with van der Waals surface area (Å²) in [5.74, 6) is 0.0559. The van der Waals surface area contributed by atoms with Crippen molar-refractivity contribution in [3.63, 3.8) is 0 Å². The van der Waals surface area contributed by atoms with Crippen molar-refractivity contribution in [3.8, 4) is 0 Å². The zero-order valence-electron chi connectivity index (χ0n) is 21.0. The van der Waals surface area contributed by atoms with E-state index in [1.165, 1.54) is 24.4 Å². The van der Waals surface area contributed by atoms with Gasteiger partial charge in [-0.2, -0.15) is 22.8 Å². The summed E-state index contributed by atoms with van der Waals surface area (Å²) >= 11 is 0. The number of rotatable bonds is 5. The number of aromatic amines is 1. The molecule has 0 bridgehead atoms. The van der Waals surface area contributed by atoms with Gasteiger partial charge in [-0.05, 0) is 37.8 Å². The van der Waals surface area contributed by atoms with Gasteiger partial charge in [-0.3, -0.25) is 4.79 Å². The molecule has 34 heavy (non-hydrogen) atoms. The van der Waals surface area contributed by atoms with Crippen molar-refractivity contribution >= 4 is 23.1 Å². The van der Waals surface area contributed by atoms with E-state index in [4.69, 9.17) is 0 Å². The average molecular weight is 478 g/mol. The summed E-state index contributed by atoms with van der Waals surface area (Å²) in [6.07, 6.45) is -2.34. The summed E-state index contributed by atoms with van der Waals surface area (Å²) in [5, 5.41) is 10.4. The summed E-state index contributed by atoms with van der Waals surface area (Å²) in [5.41, 5.74) is -0.293. The number of nitrogens with one attached hydrogen (secondary N) is 3. The van der Waals surface area contributed by atoms with Crippen LogP contribution in [0.2, 0.25) is 0 Å².